The fraction of sp³-hybridized carbons (Fsp3) is 0.250. The zero-order valence-corrected chi connectivity index (χ0v) is 11.4. The topological polar surface area (TPSA) is 112 Å². The second kappa shape index (κ2) is 5.99. The molecular formula is C12H13N5O4. The largest absolute Gasteiger partial charge is 0.465 e. The van der Waals surface area contributed by atoms with Gasteiger partial charge in [-0.05, 0) is 0 Å². The molecule has 2 aromatic heterocycles. The van der Waals surface area contributed by atoms with Gasteiger partial charge >= 0.3 is 11.7 Å². The molecule has 0 aliphatic carbocycles. The smallest absolute Gasteiger partial charge is 0.339 e. The maximum Gasteiger partial charge on any atom is 0.339 e. The van der Waals surface area contributed by atoms with Crippen molar-refractivity contribution in [2.45, 2.75) is 6.54 Å². The van der Waals surface area contributed by atoms with E-state index in [2.05, 4.69) is 20.1 Å². The van der Waals surface area contributed by atoms with Crippen LogP contribution < -0.4 is 5.32 Å². The van der Waals surface area contributed by atoms with Crippen molar-refractivity contribution in [3.63, 3.8) is 0 Å². The Morgan fingerprint density at radius 2 is 2.29 bits per heavy atom. The minimum Gasteiger partial charge on any atom is -0.465 e. The molecule has 1 N–H and O–H groups in total. The van der Waals surface area contributed by atoms with Crippen LogP contribution in [0.2, 0.25) is 0 Å². The number of anilines is 1. The van der Waals surface area contributed by atoms with Crippen LogP contribution in [0.1, 0.15) is 15.9 Å². The molecule has 9 heteroatoms. The fourth-order valence-corrected chi connectivity index (χ4v) is 1.71. The van der Waals surface area contributed by atoms with Gasteiger partial charge in [0.1, 0.15) is 0 Å². The number of carbonyl (C=O) groups excluding carboxylic acids is 1. The van der Waals surface area contributed by atoms with Crippen LogP contribution in [0.4, 0.5) is 11.5 Å². The molecule has 0 saturated heterocycles. The molecule has 21 heavy (non-hydrogen) atoms. The highest BCUT2D eigenvalue weighted by Crippen LogP contribution is 2.23. The number of methoxy groups -OCH3 is 1. The standard InChI is InChI=1S/C12H13N5O4/c1-16-7-8(5-15-16)4-13-11-10(17(19)20)3-9(6-14-11)12(18)21-2/h3,5-7H,4H2,1-2H3,(H,13,14). The summed E-state index contributed by atoms with van der Waals surface area (Å²) in [5.41, 5.74) is 0.587. The minimum atomic E-state index is -0.676. The summed E-state index contributed by atoms with van der Waals surface area (Å²) in [4.78, 5) is 25.7. The molecule has 0 amide bonds. The number of pyridine rings is 1. The number of nitrogens with one attached hydrogen (secondary N) is 1. The lowest BCUT2D eigenvalue weighted by atomic mass is 10.2. The summed E-state index contributed by atoms with van der Waals surface area (Å²) < 4.78 is 6.13. The van der Waals surface area contributed by atoms with Gasteiger partial charge in [0.2, 0.25) is 5.82 Å². The normalized spacial score (nSPS) is 10.2. The molecule has 0 radical (unpaired) electrons. The van der Waals surface area contributed by atoms with E-state index in [4.69, 9.17) is 0 Å². The summed E-state index contributed by atoms with van der Waals surface area (Å²) in [6.45, 7) is 0.333. The minimum absolute atomic E-state index is 0.0242. The first kappa shape index (κ1) is 14.4. The Morgan fingerprint density at radius 1 is 1.52 bits per heavy atom. The maximum absolute atomic E-state index is 11.4. The number of rotatable bonds is 5. The predicted octanol–water partition coefficient (Wildman–Crippen LogP) is 1.12. The van der Waals surface area contributed by atoms with Gasteiger partial charge in [-0.15, -0.1) is 0 Å². The predicted molar refractivity (Wildman–Crippen MR) is 72.8 cm³/mol. The van der Waals surface area contributed by atoms with Crippen LogP contribution in [0.3, 0.4) is 0 Å². The van der Waals surface area contributed by atoms with Gasteiger partial charge in [-0.1, -0.05) is 0 Å². The molecule has 2 aromatic rings. The van der Waals surface area contributed by atoms with E-state index in [0.29, 0.717) is 6.54 Å². The summed E-state index contributed by atoms with van der Waals surface area (Å²) in [5, 5.41) is 17.9. The van der Waals surface area contributed by atoms with Crippen molar-refractivity contribution < 1.29 is 14.5 Å². The molecular weight excluding hydrogens is 278 g/mol. The van der Waals surface area contributed by atoms with Gasteiger partial charge in [-0.25, -0.2) is 9.78 Å². The number of ether oxygens (including phenoxy) is 1. The third-order valence-corrected chi connectivity index (χ3v) is 2.70. The molecule has 0 atom stereocenters. The average molecular weight is 291 g/mol. The van der Waals surface area contributed by atoms with E-state index in [0.717, 1.165) is 11.6 Å². The van der Waals surface area contributed by atoms with Gasteiger partial charge in [-0.3, -0.25) is 14.8 Å². The molecule has 0 fully saturated rings. The lowest BCUT2D eigenvalue weighted by Crippen LogP contribution is -2.08. The summed E-state index contributed by atoms with van der Waals surface area (Å²) in [6, 6.07) is 1.13. The van der Waals surface area contributed by atoms with Crippen LogP contribution in [0.25, 0.3) is 0 Å². The van der Waals surface area contributed by atoms with Crippen molar-refractivity contribution in [3.8, 4) is 0 Å². The molecule has 2 heterocycles. The summed E-state index contributed by atoms with van der Waals surface area (Å²) in [5.74, 6) is -0.596. The molecule has 9 nitrogen and oxygen atoms in total. The Balaban J connectivity index is 2.22. The van der Waals surface area contributed by atoms with Gasteiger partial charge in [0.05, 0.1) is 23.8 Å². The van der Waals surface area contributed by atoms with Crippen molar-refractivity contribution in [1.82, 2.24) is 14.8 Å². The highest BCUT2D eigenvalue weighted by molar-refractivity contribution is 5.90. The second-order valence-electron chi connectivity index (χ2n) is 4.22. The van der Waals surface area contributed by atoms with Crippen molar-refractivity contribution in [2.75, 3.05) is 12.4 Å². The first-order valence-electron chi connectivity index (χ1n) is 5.95. The summed E-state index contributed by atoms with van der Waals surface area (Å²) >= 11 is 0. The van der Waals surface area contributed by atoms with E-state index in [1.54, 1.807) is 24.1 Å². The molecule has 110 valence electrons. The van der Waals surface area contributed by atoms with Gasteiger partial charge < -0.3 is 10.1 Å². The van der Waals surface area contributed by atoms with Gasteiger partial charge in [0.15, 0.2) is 0 Å². The number of hydrogen-bond acceptors (Lipinski definition) is 7. The van der Waals surface area contributed by atoms with Gasteiger partial charge in [-0.2, -0.15) is 5.10 Å². The Bertz CT molecular complexity index is 682. The lowest BCUT2D eigenvalue weighted by molar-refractivity contribution is -0.384. The highest BCUT2D eigenvalue weighted by atomic mass is 16.6. The number of carbonyl (C=O) groups is 1. The van der Waals surface area contributed by atoms with Crippen molar-refractivity contribution in [2.24, 2.45) is 7.05 Å². The van der Waals surface area contributed by atoms with E-state index in [9.17, 15) is 14.9 Å². The van der Waals surface area contributed by atoms with Crippen LogP contribution >= 0.6 is 0 Å². The van der Waals surface area contributed by atoms with E-state index in [1.165, 1.54) is 13.3 Å². The Hall–Kier alpha value is -2.97. The summed E-state index contributed by atoms with van der Waals surface area (Å²) in [6.07, 6.45) is 4.65. The molecule has 0 bridgehead atoms. The van der Waals surface area contributed by atoms with Crippen LogP contribution in [0, 0.1) is 10.1 Å². The maximum atomic E-state index is 11.4. The molecule has 0 unspecified atom stereocenters. The SMILES string of the molecule is COC(=O)c1cnc(NCc2cnn(C)c2)c([N+](=O)[O-])c1. The van der Waals surface area contributed by atoms with Crippen molar-refractivity contribution in [3.05, 3.63) is 45.9 Å². The van der Waals surface area contributed by atoms with E-state index < -0.39 is 10.9 Å². The first-order chi connectivity index (χ1) is 10.0. The van der Waals surface area contributed by atoms with Crippen LogP contribution in [-0.2, 0) is 18.3 Å². The van der Waals surface area contributed by atoms with Gasteiger partial charge in [0.25, 0.3) is 0 Å². The third-order valence-electron chi connectivity index (χ3n) is 2.70. The lowest BCUT2D eigenvalue weighted by Gasteiger charge is -2.06. The molecule has 0 spiro atoms. The van der Waals surface area contributed by atoms with Crippen molar-refractivity contribution >= 4 is 17.5 Å². The quantitative estimate of drug-likeness (QED) is 0.499. The third kappa shape index (κ3) is 3.32. The number of nitrogens with zero attached hydrogens (tertiary/aromatic N) is 4. The van der Waals surface area contributed by atoms with Gasteiger partial charge in [0, 0.05) is 37.6 Å². The second-order valence-corrected chi connectivity index (χ2v) is 4.22. The molecule has 0 saturated carbocycles. The number of nitro groups is 1. The zero-order chi connectivity index (χ0) is 15.4. The molecule has 0 aliphatic heterocycles. The number of hydrogen-bond donors (Lipinski definition) is 1. The van der Waals surface area contributed by atoms with Crippen LogP contribution in [0.15, 0.2) is 24.7 Å². The van der Waals surface area contributed by atoms with E-state index in [-0.39, 0.29) is 17.1 Å². The average Bonchev–Trinajstić information content (AvgIpc) is 2.89. The molecule has 0 aromatic carbocycles. The monoisotopic (exact) mass is 291 g/mol. The Labute approximate surface area is 119 Å². The zero-order valence-electron chi connectivity index (χ0n) is 11.4. The number of aromatic nitrogens is 3. The summed E-state index contributed by atoms with van der Waals surface area (Å²) in [7, 11) is 2.97. The molecule has 0 aliphatic rings. The highest BCUT2D eigenvalue weighted by Gasteiger charge is 2.19. The number of aryl methyl sites for hydroxylation is 1. The Kier molecular flexibility index (Phi) is 4.12. The van der Waals surface area contributed by atoms with E-state index in [1.807, 2.05) is 0 Å². The Morgan fingerprint density at radius 3 is 2.86 bits per heavy atom. The fourth-order valence-electron chi connectivity index (χ4n) is 1.71. The van der Waals surface area contributed by atoms with Crippen molar-refractivity contribution in [1.29, 1.82) is 0 Å². The molecule has 2 rings (SSSR count). The van der Waals surface area contributed by atoms with Crippen LogP contribution in [-0.4, -0.2) is 32.8 Å². The first-order valence-corrected chi connectivity index (χ1v) is 5.95. The van der Waals surface area contributed by atoms with Crippen LogP contribution in [0.5, 0.6) is 0 Å². The number of esters is 1. The van der Waals surface area contributed by atoms with E-state index >= 15 is 0 Å².